The van der Waals surface area contributed by atoms with Crippen molar-refractivity contribution in [1.82, 2.24) is 20.4 Å². The van der Waals surface area contributed by atoms with Gasteiger partial charge < -0.3 is 14.7 Å². The Hall–Kier alpha value is -2.37. The minimum atomic E-state index is -0.132. The summed E-state index contributed by atoms with van der Waals surface area (Å²) in [6.07, 6.45) is 0.555. The Morgan fingerprint density at radius 3 is 2.70 bits per heavy atom. The number of hydrogen-bond donors (Lipinski definition) is 1. The van der Waals surface area contributed by atoms with E-state index in [1.165, 1.54) is 5.56 Å². The molecule has 6 nitrogen and oxygen atoms in total. The average molecular weight is 274 g/mol. The maximum atomic E-state index is 11.3. The summed E-state index contributed by atoms with van der Waals surface area (Å²) < 4.78 is 5.23. The van der Waals surface area contributed by atoms with Crippen molar-refractivity contribution in [2.24, 2.45) is 0 Å². The molecule has 1 N–H and O–H groups in total. The number of rotatable bonds is 4. The first-order valence-electron chi connectivity index (χ1n) is 6.42. The molecule has 0 spiro atoms. The molecule has 0 fully saturated rings. The Morgan fingerprint density at radius 1 is 1.35 bits per heavy atom. The van der Waals surface area contributed by atoms with E-state index in [-0.39, 0.29) is 6.03 Å². The predicted octanol–water partition coefficient (Wildman–Crippen LogP) is 1.86. The molecule has 2 rings (SSSR count). The number of likely N-dealkylation sites (N-methyl/N-ethyl adjacent to an activating group) is 1. The molecule has 6 heteroatoms. The number of carbonyl (C=O) groups excluding carboxylic acids is 1. The number of aromatic nitrogens is 2. The van der Waals surface area contributed by atoms with E-state index in [1.54, 1.807) is 19.0 Å². The van der Waals surface area contributed by atoms with Crippen LogP contribution in [0.2, 0.25) is 0 Å². The van der Waals surface area contributed by atoms with Crippen LogP contribution in [-0.2, 0) is 6.42 Å². The summed E-state index contributed by atoms with van der Waals surface area (Å²) >= 11 is 0. The summed E-state index contributed by atoms with van der Waals surface area (Å²) in [5.74, 6) is 1.10. The van der Waals surface area contributed by atoms with E-state index in [2.05, 4.69) is 15.5 Å². The van der Waals surface area contributed by atoms with Crippen LogP contribution in [0.4, 0.5) is 4.79 Å². The number of benzene rings is 1. The van der Waals surface area contributed by atoms with Gasteiger partial charge in [-0.15, -0.1) is 0 Å². The summed E-state index contributed by atoms with van der Waals surface area (Å²) in [6, 6.07) is 7.76. The van der Waals surface area contributed by atoms with Crippen LogP contribution in [0.3, 0.4) is 0 Å². The van der Waals surface area contributed by atoms with E-state index in [4.69, 9.17) is 4.52 Å². The Balaban J connectivity index is 1.99. The number of amides is 2. The number of nitrogens with zero attached hydrogens (tertiary/aromatic N) is 3. The van der Waals surface area contributed by atoms with Gasteiger partial charge in [-0.25, -0.2) is 4.79 Å². The highest BCUT2D eigenvalue weighted by Gasteiger charge is 2.11. The van der Waals surface area contributed by atoms with Crippen molar-refractivity contribution in [3.05, 3.63) is 35.7 Å². The van der Waals surface area contributed by atoms with Crippen LogP contribution in [0, 0.1) is 6.92 Å². The van der Waals surface area contributed by atoms with Gasteiger partial charge in [-0.2, -0.15) is 4.98 Å². The van der Waals surface area contributed by atoms with Crippen LogP contribution < -0.4 is 5.32 Å². The molecule has 1 aromatic heterocycles. The van der Waals surface area contributed by atoms with Crippen LogP contribution in [0.25, 0.3) is 11.5 Å². The fourth-order valence-corrected chi connectivity index (χ4v) is 1.73. The lowest BCUT2D eigenvalue weighted by molar-refractivity contribution is 0.211. The second-order valence-electron chi connectivity index (χ2n) is 4.61. The monoisotopic (exact) mass is 274 g/mol. The molecule has 0 aliphatic rings. The molecular formula is C14H18N4O2. The summed E-state index contributed by atoms with van der Waals surface area (Å²) in [7, 11) is 3.32. The van der Waals surface area contributed by atoms with Crippen LogP contribution in [0.5, 0.6) is 0 Å². The topological polar surface area (TPSA) is 71.3 Å². The molecule has 0 saturated carbocycles. The fourth-order valence-electron chi connectivity index (χ4n) is 1.73. The van der Waals surface area contributed by atoms with Gasteiger partial charge in [0.05, 0.1) is 0 Å². The zero-order valence-corrected chi connectivity index (χ0v) is 11.9. The van der Waals surface area contributed by atoms with Gasteiger partial charge >= 0.3 is 6.03 Å². The largest absolute Gasteiger partial charge is 0.341 e. The molecule has 1 heterocycles. The van der Waals surface area contributed by atoms with Gasteiger partial charge in [-0.1, -0.05) is 22.9 Å². The molecule has 2 amide bonds. The maximum absolute atomic E-state index is 11.3. The summed E-state index contributed by atoms with van der Waals surface area (Å²) in [6.45, 7) is 2.56. The number of aryl methyl sites for hydroxylation is 1. The number of urea groups is 1. The van der Waals surface area contributed by atoms with Crippen LogP contribution in [-0.4, -0.2) is 41.7 Å². The third-order valence-electron chi connectivity index (χ3n) is 3.00. The zero-order valence-electron chi connectivity index (χ0n) is 11.9. The molecule has 2 aromatic rings. The van der Waals surface area contributed by atoms with Gasteiger partial charge in [0.2, 0.25) is 0 Å². The van der Waals surface area contributed by atoms with Crippen molar-refractivity contribution in [1.29, 1.82) is 0 Å². The van der Waals surface area contributed by atoms with Crippen LogP contribution in [0.1, 0.15) is 11.4 Å². The molecule has 0 aliphatic carbocycles. The summed E-state index contributed by atoms with van der Waals surface area (Å²) in [4.78, 5) is 17.2. The van der Waals surface area contributed by atoms with Crippen molar-refractivity contribution in [3.8, 4) is 11.5 Å². The lowest BCUT2D eigenvalue weighted by Gasteiger charge is -2.14. The number of hydrogen-bond acceptors (Lipinski definition) is 4. The molecule has 20 heavy (non-hydrogen) atoms. The van der Waals surface area contributed by atoms with Gasteiger partial charge in [0.1, 0.15) is 0 Å². The van der Waals surface area contributed by atoms with Crippen molar-refractivity contribution in [2.75, 3.05) is 20.6 Å². The summed E-state index contributed by atoms with van der Waals surface area (Å²) in [5, 5.41) is 6.49. The van der Waals surface area contributed by atoms with Crippen molar-refractivity contribution in [2.45, 2.75) is 13.3 Å². The van der Waals surface area contributed by atoms with Gasteiger partial charge in [-0.3, -0.25) is 0 Å². The van der Waals surface area contributed by atoms with E-state index in [9.17, 15) is 4.79 Å². The Kier molecular flexibility index (Phi) is 4.34. The summed E-state index contributed by atoms with van der Waals surface area (Å²) in [5.41, 5.74) is 2.08. The van der Waals surface area contributed by atoms with Crippen molar-refractivity contribution in [3.63, 3.8) is 0 Å². The molecule has 0 unspecified atom stereocenters. The third kappa shape index (κ3) is 3.34. The lowest BCUT2D eigenvalue weighted by Crippen LogP contribution is -2.36. The van der Waals surface area contributed by atoms with E-state index in [0.717, 1.165) is 5.56 Å². The number of nitrogens with one attached hydrogen (secondary N) is 1. The van der Waals surface area contributed by atoms with Gasteiger partial charge in [-0.05, 0) is 19.1 Å². The molecule has 0 aliphatic heterocycles. The van der Waals surface area contributed by atoms with E-state index >= 15 is 0 Å². The molecule has 0 bridgehead atoms. The number of carbonyl (C=O) groups is 1. The van der Waals surface area contributed by atoms with Crippen molar-refractivity contribution < 1.29 is 9.32 Å². The molecule has 0 saturated heterocycles. The fraction of sp³-hybridized carbons (Fsp3) is 0.357. The SMILES string of the molecule is CNC(=O)N(C)CCc1noc(-c2ccc(C)cc2)n1. The highest BCUT2D eigenvalue weighted by Crippen LogP contribution is 2.17. The minimum Gasteiger partial charge on any atom is -0.341 e. The first-order chi connectivity index (χ1) is 9.60. The molecular weight excluding hydrogens is 256 g/mol. The maximum Gasteiger partial charge on any atom is 0.316 e. The van der Waals surface area contributed by atoms with Gasteiger partial charge in [0.25, 0.3) is 5.89 Å². The Morgan fingerprint density at radius 2 is 2.05 bits per heavy atom. The zero-order chi connectivity index (χ0) is 14.5. The van der Waals surface area contributed by atoms with Gasteiger partial charge in [0.15, 0.2) is 5.82 Å². The highest BCUT2D eigenvalue weighted by molar-refractivity contribution is 5.73. The Bertz CT molecular complexity index is 577. The first-order valence-corrected chi connectivity index (χ1v) is 6.42. The van der Waals surface area contributed by atoms with Crippen LogP contribution in [0.15, 0.2) is 28.8 Å². The molecule has 0 atom stereocenters. The van der Waals surface area contributed by atoms with Gasteiger partial charge in [0, 0.05) is 32.6 Å². The quantitative estimate of drug-likeness (QED) is 0.923. The van der Waals surface area contributed by atoms with E-state index in [1.807, 2.05) is 31.2 Å². The average Bonchev–Trinajstić information content (AvgIpc) is 2.93. The minimum absolute atomic E-state index is 0.132. The highest BCUT2D eigenvalue weighted by atomic mass is 16.5. The Labute approximate surface area is 117 Å². The molecule has 106 valence electrons. The lowest BCUT2D eigenvalue weighted by atomic mass is 10.1. The normalized spacial score (nSPS) is 10.3. The standard InChI is InChI=1S/C14H18N4O2/c1-10-4-6-11(7-5-10)13-16-12(17-20-13)8-9-18(3)14(19)15-2/h4-7H,8-9H2,1-3H3,(H,15,19). The second kappa shape index (κ2) is 6.18. The molecule has 0 radical (unpaired) electrons. The van der Waals surface area contributed by atoms with E-state index < -0.39 is 0 Å². The van der Waals surface area contributed by atoms with Crippen molar-refractivity contribution >= 4 is 6.03 Å². The first kappa shape index (κ1) is 14.0. The predicted molar refractivity (Wildman–Crippen MR) is 75.3 cm³/mol. The van der Waals surface area contributed by atoms with E-state index in [0.29, 0.717) is 24.7 Å². The molecule has 1 aromatic carbocycles. The van der Waals surface area contributed by atoms with Crippen LogP contribution >= 0.6 is 0 Å². The third-order valence-corrected chi connectivity index (χ3v) is 3.00. The second-order valence-corrected chi connectivity index (χ2v) is 4.61. The smallest absolute Gasteiger partial charge is 0.316 e.